The number of fused-ring (bicyclic) bond motifs is 1. The van der Waals surface area contributed by atoms with Gasteiger partial charge >= 0.3 is 0 Å². The second-order valence-corrected chi connectivity index (χ2v) is 5.84. The van der Waals surface area contributed by atoms with Gasteiger partial charge in [0.05, 0.1) is 26.8 Å². The number of anilines is 1. The van der Waals surface area contributed by atoms with Crippen LogP contribution in [0.15, 0.2) is 30.3 Å². The number of hydrogen-bond acceptors (Lipinski definition) is 2. The summed E-state index contributed by atoms with van der Waals surface area (Å²) in [5.74, 6) is 0.849. The number of hydrogen-bond donors (Lipinski definition) is 1. The summed E-state index contributed by atoms with van der Waals surface area (Å²) in [4.78, 5) is 4.73. The number of nitrogens with zero attached hydrogens (tertiary/aromatic N) is 2. The van der Waals surface area contributed by atoms with Crippen molar-refractivity contribution in [3.8, 4) is 11.4 Å². The molecule has 0 saturated carbocycles. The second-order valence-electron chi connectivity index (χ2n) is 5.03. The van der Waals surface area contributed by atoms with E-state index < -0.39 is 0 Å². The summed E-state index contributed by atoms with van der Waals surface area (Å²) in [5, 5.41) is 0.895. The number of nitrogens with two attached hydrogens (primary N) is 1. The Balaban J connectivity index is 2.29. The van der Waals surface area contributed by atoms with Crippen molar-refractivity contribution in [1.29, 1.82) is 0 Å². The molecule has 3 rings (SSSR count). The maximum Gasteiger partial charge on any atom is 0.141 e. The zero-order chi connectivity index (χ0) is 15.1. The van der Waals surface area contributed by atoms with Crippen LogP contribution in [0.1, 0.15) is 12.5 Å². The lowest BCUT2D eigenvalue weighted by molar-refractivity contribution is 0.796. The fourth-order valence-corrected chi connectivity index (χ4v) is 2.98. The van der Waals surface area contributed by atoms with Crippen molar-refractivity contribution in [2.24, 2.45) is 0 Å². The fraction of sp³-hybridized carbons (Fsp3) is 0.188. The van der Waals surface area contributed by atoms with Gasteiger partial charge in [0.15, 0.2) is 0 Å². The highest BCUT2D eigenvalue weighted by molar-refractivity contribution is 6.39. The Hall–Kier alpha value is -1.71. The molecule has 3 aromatic rings. The van der Waals surface area contributed by atoms with Gasteiger partial charge < -0.3 is 10.3 Å². The van der Waals surface area contributed by atoms with Crippen molar-refractivity contribution in [2.75, 3.05) is 5.73 Å². The number of rotatable bonds is 2. The van der Waals surface area contributed by atoms with Gasteiger partial charge in [-0.2, -0.15) is 0 Å². The number of aryl methyl sites for hydroxylation is 2. The molecule has 0 amide bonds. The molecule has 0 aliphatic heterocycles. The highest BCUT2D eigenvalue weighted by Gasteiger charge is 2.14. The average Bonchev–Trinajstić information content (AvgIpc) is 2.81. The summed E-state index contributed by atoms with van der Waals surface area (Å²) in [6, 6.07) is 9.87. The van der Waals surface area contributed by atoms with Gasteiger partial charge in [0.25, 0.3) is 0 Å². The van der Waals surface area contributed by atoms with E-state index >= 15 is 0 Å². The zero-order valence-electron chi connectivity index (χ0n) is 11.8. The normalized spacial score (nSPS) is 11.2. The lowest BCUT2D eigenvalue weighted by atomic mass is 10.2. The molecule has 3 nitrogen and oxygen atoms in total. The SMILES string of the molecule is CCn1c(-c2cc(Cl)c(N)c(Cl)c2)nc2cc(C)ccc21. The molecule has 0 aliphatic rings. The van der Waals surface area contributed by atoms with Crippen LogP contribution in [0, 0.1) is 6.92 Å². The predicted octanol–water partition coefficient (Wildman–Crippen LogP) is 4.92. The number of halogens is 2. The molecule has 0 bridgehead atoms. The minimum Gasteiger partial charge on any atom is -0.396 e. The number of benzene rings is 2. The second kappa shape index (κ2) is 5.24. The third-order valence-corrected chi connectivity index (χ3v) is 4.18. The molecule has 21 heavy (non-hydrogen) atoms. The third kappa shape index (κ3) is 2.37. The van der Waals surface area contributed by atoms with Crippen LogP contribution in [0.25, 0.3) is 22.4 Å². The predicted molar refractivity (Wildman–Crippen MR) is 90.0 cm³/mol. The summed E-state index contributed by atoms with van der Waals surface area (Å²) < 4.78 is 2.15. The van der Waals surface area contributed by atoms with Crippen LogP contribution in [-0.4, -0.2) is 9.55 Å². The molecule has 2 aromatic carbocycles. The number of nitrogen functional groups attached to an aromatic ring is 1. The average molecular weight is 320 g/mol. The summed E-state index contributed by atoms with van der Waals surface area (Å²) in [5.41, 5.74) is 10.3. The van der Waals surface area contributed by atoms with E-state index in [2.05, 4.69) is 36.6 Å². The van der Waals surface area contributed by atoms with Gasteiger partial charge in [0.2, 0.25) is 0 Å². The maximum atomic E-state index is 6.14. The molecular formula is C16H15Cl2N3. The van der Waals surface area contributed by atoms with Crippen molar-refractivity contribution in [2.45, 2.75) is 20.4 Å². The van der Waals surface area contributed by atoms with Gasteiger partial charge in [-0.1, -0.05) is 29.3 Å². The first-order valence-electron chi connectivity index (χ1n) is 6.73. The summed E-state index contributed by atoms with van der Waals surface area (Å²) in [6.07, 6.45) is 0. The van der Waals surface area contributed by atoms with Crippen LogP contribution in [0.2, 0.25) is 10.0 Å². The standard InChI is InChI=1S/C16H15Cl2N3/c1-3-21-14-5-4-9(2)6-13(14)20-16(21)10-7-11(17)15(19)12(18)8-10/h4-8H,3,19H2,1-2H3. The maximum absolute atomic E-state index is 6.14. The molecule has 0 unspecified atom stereocenters. The zero-order valence-corrected chi connectivity index (χ0v) is 13.3. The lowest BCUT2D eigenvalue weighted by Crippen LogP contribution is -1.98. The van der Waals surface area contributed by atoms with Crippen LogP contribution < -0.4 is 5.73 Å². The molecule has 0 fully saturated rings. The van der Waals surface area contributed by atoms with Crippen molar-refractivity contribution in [3.05, 3.63) is 45.9 Å². The molecule has 2 N–H and O–H groups in total. The van der Waals surface area contributed by atoms with E-state index in [1.165, 1.54) is 5.56 Å². The third-order valence-electron chi connectivity index (χ3n) is 3.56. The minimum atomic E-state index is 0.400. The first-order valence-corrected chi connectivity index (χ1v) is 7.48. The van der Waals surface area contributed by atoms with Gasteiger partial charge in [-0.25, -0.2) is 4.98 Å². The van der Waals surface area contributed by atoms with Crippen LogP contribution in [0.4, 0.5) is 5.69 Å². The van der Waals surface area contributed by atoms with Crippen LogP contribution in [0.3, 0.4) is 0 Å². The van der Waals surface area contributed by atoms with Gasteiger partial charge in [0.1, 0.15) is 5.82 Å². The van der Waals surface area contributed by atoms with E-state index in [1.807, 2.05) is 12.1 Å². The first kappa shape index (κ1) is 14.2. The molecule has 0 atom stereocenters. The van der Waals surface area contributed by atoms with E-state index in [0.717, 1.165) is 29.0 Å². The van der Waals surface area contributed by atoms with Crippen LogP contribution in [0.5, 0.6) is 0 Å². The number of imidazole rings is 1. The summed E-state index contributed by atoms with van der Waals surface area (Å²) >= 11 is 12.3. The summed E-state index contributed by atoms with van der Waals surface area (Å²) in [7, 11) is 0. The van der Waals surface area contributed by atoms with Crippen molar-refractivity contribution in [1.82, 2.24) is 9.55 Å². The highest BCUT2D eigenvalue weighted by Crippen LogP contribution is 2.34. The largest absolute Gasteiger partial charge is 0.396 e. The van der Waals surface area contributed by atoms with E-state index in [9.17, 15) is 0 Å². The monoisotopic (exact) mass is 319 g/mol. The highest BCUT2D eigenvalue weighted by atomic mass is 35.5. The minimum absolute atomic E-state index is 0.400. The molecule has 0 saturated heterocycles. The smallest absolute Gasteiger partial charge is 0.141 e. The fourth-order valence-electron chi connectivity index (χ4n) is 2.49. The Labute approximate surface area is 133 Å². The van der Waals surface area contributed by atoms with Crippen molar-refractivity contribution >= 4 is 39.9 Å². The molecule has 0 radical (unpaired) electrons. The van der Waals surface area contributed by atoms with Gasteiger partial charge in [0, 0.05) is 12.1 Å². The molecular weight excluding hydrogens is 305 g/mol. The molecule has 1 heterocycles. The molecule has 0 aliphatic carbocycles. The lowest BCUT2D eigenvalue weighted by Gasteiger charge is -2.09. The first-order chi connectivity index (χ1) is 10.0. The Bertz CT molecular complexity index is 814. The quantitative estimate of drug-likeness (QED) is 0.681. The van der Waals surface area contributed by atoms with E-state index in [4.69, 9.17) is 33.9 Å². The van der Waals surface area contributed by atoms with Gasteiger partial charge in [-0.3, -0.25) is 0 Å². The molecule has 5 heteroatoms. The van der Waals surface area contributed by atoms with Gasteiger partial charge in [-0.05, 0) is 43.7 Å². The molecule has 108 valence electrons. The van der Waals surface area contributed by atoms with Crippen molar-refractivity contribution < 1.29 is 0 Å². The van der Waals surface area contributed by atoms with Gasteiger partial charge in [-0.15, -0.1) is 0 Å². The van der Waals surface area contributed by atoms with Crippen LogP contribution >= 0.6 is 23.2 Å². The Kier molecular flexibility index (Phi) is 3.56. The Morgan fingerprint density at radius 3 is 2.43 bits per heavy atom. The summed E-state index contributed by atoms with van der Waals surface area (Å²) in [6.45, 7) is 4.96. The van der Waals surface area contributed by atoms with E-state index in [1.54, 1.807) is 0 Å². The Morgan fingerprint density at radius 1 is 1.14 bits per heavy atom. The van der Waals surface area contributed by atoms with Crippen LogP contribution in [-0.2, 0) is 6.54 Å². The molecule has 0 spiro atoms. The number of aromatic nitrogens is 2. The van der Waals surface area contributed by atoms with Crippen molar-refractivity contribution in [3.63, 3.8) is 0 Å². The topological polar surface area (TPSA) is 43.8 Å². The Morgan fingerprint density at radius 2 is 1.81 bits per heavy atom. The van der Waals surface area contributed by atoms with E-state index in [0.29, 0.717) is 15.7 Å². The molecule has 1 aromatic heterocycles. The van der Waals surface area contributed by atoms with E-state index in [-0.39, 0.29) is 0 Å².